The molecule has 1 aliphatic rings. The monoisotopic (exact) mass is 696 g/mol. The lowest BCUT2D eigenvalue weighted by Gasteiger charge is -2.40. The Morgan fingerprint density at radius 2 is 1.81 bits per heavy atom. The molecule has 2 amide bonds. The van der Waals surface area contributed by atoms with Gasteiger partial charge in [-0.1, -0.05) is 54.1 Å². The quantitative estimate of drug-likeness (QED) is 0.207. The van der Waals surface area contributed by atoms with Crippen molar-refractivity contribution in [2.45, 2.75) is 38.1 Å². The number of hydrogen-bond acceptors (Lipinski definition) is 7. The fourth-order valence-corrected chi connectivity index (χ4v) is 5.65. The molecule has 1 heterocycles. The molecule has 5 rings (SSSR count). The van der Waals surface area contributed by atoms with E-state index < -0.39 is 30.1 Å². The van der Waals surface area contributed by atoms with Crippen LogP contribution >= 0.6 is 22.6 Å². The van der Waals surface area contributed by atoms with Crippen LogP contribution in [0.1, 0.15) is 28.1 Å². The first-order valence-electron chi connectivity index (χ1n) is 13.9. The van der Waals surface area contributed by atoms with Gasteiger partial charge in [0.05, 0.1) is 23.3 Å². The molecule has 0 bridgehead atoms. The van der Waals surface area contributed by atoms with Crippen LogP contribution in [0.15, 0.2) is 88.9 Å². The number of aliphatic hydroxyl groups is 2. The number of fused-ring (bicyclic) bond motifs is 1. The van der Waals surface area contributed by atoms with E-state index in [1.807, 2.05) is 61.5 Å². The van der Waals surface area contributed by atoms with Crippen LogP contribution in [-0.2, 0) is 11.3 Å². The molecular weight excluding hydrogens is 663 g/mol. The zero-order valence-corrected chi connectivity index (χ0v) is 26.0. The van der Waals surface area contributed by atoms with Crippen molar-refractivity contribution in [2.75, 3.05) is 20.3 Å². The standard InChI is InChI=1S/C33H33IN2O7/c1-20-10-12-21(13-11-20)19-36(33(40)29-17-22-6-5-9-27(41-2)31(22)43-29)25-16-23(32(39)35-14-15-37)18-28(30(25)38)42-26-8-4-3-7-24(26)34/h3-13,17-18,25,28,30,37-38H,14-16,19H2,1-2H3,(H,35,39)/t25-,28+,30+/m1/s1. The Kier molecular flexibility index (Phi) is 9.69. The third-order valence-corrected chi connectivity index (χ3v) is 8.28. The first-order valence-corrected chi connectivity index (χ1v) is 15.0. The van der Waals surface area contributed by atoms with E-state index in [9.17, 15) is 19.8 Å². The van der Waals surface area contributed by atoms with Crippen molar-refractivity contribution in [2.24, 2.45) is 0 Å². The molecule has 0 saturated heterocycles. The van der Waals surface area contributed by atoms with Crippen molar-refractivity contribution in [3.63, 3.8) is 0 Å². The predicted molar refractivity (Wildman–Crippen MR) is 170 cm³/mol. The molecule has 0 saturated carbocycles. The third-order valence-electron chi connectivity index (χ3n) is 7.39. The summed E-state index contributed by atoms with van der Waals surface area (Å²) in [7, 11) is 1.53. The van der Waals surface area contributed by atoms with E-state index in [-0.39, 0.29) is 31.9 Å². The van der Waals surface area contributed by atoms with Crippen LogP contribution < -0.4 is 14.8 Å². The van der Waals surface area contributed by atoms with Crippen LogP contribution in [0.2, 0.25) is 0 Å². The molecule has 3 atom stereocenters. The van der Waals surface area contributed by atoms with Gasteiger partial charge in [-0.3, -0.25) is 9.59 Å². The first-order chi connectivity index (χ1) is 20.8. The van der Waals surface area contributed by atoms with Crippen LogP contribution in [0.4, 0.5) is 0 Å². The van der Waals surface area contributed by atoms with E-state index in [2.05, 4.69) is 27.9 Å². The number of rotatable bonds is 10. The summed E-state index contributed by atoms with van der Waals surface area (Å²) in [4.78, 5) is 29.0. The zero-order valence-electron chi connectivity index (χ0n) is 23.8. The molecule has 3 N–H and O–H groups in total. The van der Waals surface area contributed by atoms with Crippen LogP contribution in [0.25, 0.3) is 11.0 Å². The molecule has 10 heteroatoms. The second-order valence-electron chi connectivity index (χ2n) is 10.4. The summed E-state index contributed by atoms with van der Waals surface area (Å²) in [6, 6.07) is 21.3. The second kappa shape index (κ2) is 13.6. The fraction of sp³-hybridized carbons (Fsp3) is 0.273. The molecule has 0 fully saturated rings. The van der Waals surface area contributed by atoms with Crippen molar-refractivity contribution in [3.8, 4) is 11.5 Å². The van der Waals surface area contributed by atoms with Gasteiger partial charge in [-0.2, -0.15) is 0 Å². The van der Waals surface area contributed by atoms with Gasteiger partial charge in [0, 0.05) is 30.5 Å². The number of carbonyl (C=O) groups is 2. The lowest BCUT2D eigenvalue weighted by molar-refractivity contribution is -0.118. The summed E-state index contributed by atoms with van der Waals surface area (Å²) in [5.74, 6) is 0.261. The number of halogens is 1. The molecule has 0 spiro atoms. The lowest BCUT2D eigenvalue weighted by atomic mass is 9.87. The lowest BCUT2D eigenvalue weighted by Crippen LogP contribution is -2.54. The maximum Gasteiger partial charge on any atom is 0.290 e. The molecule has 9 nitrogen and oxygen atoms in total. The number of amides is 2. The molecule has 1 aromatic heterocycles. The Hall–Kier alpha value is -3.87. The van der Waals surface area contributed by atoms with Gasteiger partial charge in [0.1, 0.15) is 18.0 Å². The number of hydrogen-bond donors (Lipinski definition) is 3. The fourth-order valence-electron chi connectivity index (χ4n) is 5.14. The highest BCUT2D eigenvalue weighted by Crippen LogP contribution is 2.33. The van der Waals surface area contributed by atoms with Crippen molar-refractivity contribution in [1.29, 1.82) is 0 Å². The Labute approximate surface area is 263 Å². The highest BCUT2D eigenvalue weighted by atomic mass is 127. The van der Waals surface area contributed by atoms with Crippen molar-refractivity contribution in [1.82, 2.24) is 10.2 Å². The molecule has 0 aliphatic heterocycles. The smallest absolute Gasteiger partial charge is 0.290 e. The van der Waals surface area contributed by atoms with E-state index in [0.29, 0.717) is 28.0 Å². The minimum atomic E-state index is -1.18. The largest absolute Gasteiger partial charge is 0.493 e. The van der Waals surface area contributed by atoms with Gasteiger partial charge < -0.3 is 34.3 Å². The van der Waals surface area contributed by atoms with Crippen LogP contribution in [0.3, 0.4) is 0 Å². The third kappa shape index (κ3) is 6.87. The molecule has 0 unspecified atom stereocenters. The van der Waals surface area contributed by atoms with E-state index in [0.717, 1.165) is 14.7 Å². The highest BCUT2D eigenvalue weighted by Gasteiger charge is 2.41. The second-order valence-corrected chi connectivity index (χ2v) is 11.5. The summed E-state index contributed by atoms with van der Waals surface area (Å²) in [5.41, 5.74) is 2.69. The topological polar surface area (TPSA) is 121 Å². The van der Waals surface area contributed by atoms with Crippen molar-refractivity contribution >= 4 is 45.4 Å². The summed E-state index contributed by atoms with van der Waals surface area (Å²) >= 11 is 2.15. The predicted octanol–water partition coefficient (Wildman–Crippen LogP) is 4.61. The number of para-hydroxylation sites is 2. The van der Waals surface area contributed by atoms with Crippen molar-refractivity contribution in [3.05, 3.63) is 105 Å². The Bertz CT molecular complexity index is 1630. The number of aliphatic hydroxyl groups excluding tert-OH is 2. The number of methoxy groups -OCH3 is 1. The van der Waals surface area contributed by atoms with Gasteiger partial charge in [0.2, 0.25) is 5.91 Å². The number of ether oxygens (including phenoxy) is 2. The van der Waals surface area contributed by atoms with E-state index in [1.165, 1.54) is 12.0 Å². The van der Waals surface area contributed by atoms with Crippen molar-refractivity contribution < 1.29 is 33.7 Å². The Morgan fingerprint density at radius 3 is 2.53 bits per heavy atom. The zero-order chi connectivity index (χ0) is 30.5. The van der Waals surface area contributed by atoms with E-state index in [4.69, 9.17) is 13.9 Å². The maximum atomic E-state index is 14.3. The highest BCUT2D eigenvalue weighted by molar-refractivity contribution is 14.1. The average molecular weight is 697 g/mol. The van der Waals surface area contributed by atoms with Gasteiger partial charge in [-0.05, 0) is 65.4 Å². The number of aryl methyl sites for hydroxylation is 1. The molecule has 224 valence electrons. The number of benzene rings is 3. The minimum Gasteiger partial charge on any atom is -0.493 e. The Balaban J connectivity index is 1.56. The number of nitrogens with one attached hydrogen (secondary N) is 1. The molecule has 3 aromatic carbocycles. The Morgan fingerprint density at radius 1 is 1.07 bits per heavy atom. The maximum absolute atomic E-state index is 14.3. The molecular formula is C33H33IN2O7. The van der Waals surface area contributed by atoms with Crippen LogP contribution in [-0.4, -0.2) is 65.4 Å². The number of furan rings is 1. The first kappa shape index (κ1) is 30.6. The SMILES string of the molecule is COc1cccc2cc(C(=O)N(Cc3ccc(C)cc3)[C@@H]3CC(C(=O)NCCO)=C[C@H](Oc4ccccc4I)[C@H]3O)oc12. The van der Waals surface area contributed by atoms with Crippen LogP contribution in [0.5, 0.6) is 11.5 Å². The molecule has 4 aromatic rings. The van der Waals surface area contributed by atoms with Gasteiger partial charge in [-0.15, -0.1) is 0 Å². The average Bonchev–Trinajstić information content (AvgIpc) is 3.46. The summed E-state index contributed by atoms with van der Waals surface area (Å²) in [6.07, 6.45) is -0.463. The molecule has 0 radical (unpaired) electrons. The summed E-state index contributed by atoms with van der Waals surface area (Å²) in [5, 5.41) is 24.4. The summed E-state index contributed by atoms with van der Waals surface area (Å²) < 4.78 is 18.5. The molecule has 1 aliphatic carbocycles. The van der Waals surface area contributed by atoms with Gasteiger partial charge >= 0.3 is 0 Å². The number of carbonyl (C=O) groups excluding carboxylic acids is 2. The van der Waals surface area contributed by atoms with Gasteiger partial charge in [-0.25, -0.2) is 0 Å². The summed E-state index contributed by atoms with van der Waals surface area (Å²) in [6.45, 7) is 1.98. The van der Waals surface area contributed by atoms with E-state index in [1.54, 1.807) is 24.3 Å². The normalized spacial score (nSPS) is 18.2. The minimum absolute atomic E-state index is 0.0608. The van der Waals surface area contributed by atoms with Gasteiger partial charge in [0.15, 0.2) is 17.1 Å². The van der Waals surface area contributed by atoms with Gasteiger partial charge in [0.25, 0.3) is 5.91 Å². The molecule has 43 heavy (non-hydrogen) atoms. The number of nitrogens with zero attached hydrogens (tertiary/aromatic N) is 1. The van der Waals surface area contributed by atoms with Crippen LogP contribution in [0, 0.1) is 10.5 Å². The van der Waals surface area contributed by atoms with E-state index >= 15 is 0 Å².